The number of hydrogen-bond acceptors (Lipinski definition) is 3. The van der Waals surface area contributed by atoms with Crippen LogP contribution >= 0.6 is 23.2 Å². The van der Waals surface area contributed by atoms with E-state index >= 15 is 0 Å². The van der Waals surface area contributed by atoms with Crippen LogP contribution in [0.5, 0.6) is 0 Å². The minimum atomic E-state index is -0.444. The van der Waals surface area contributed by atoms with Crippen molar-refractivity contribution in [2.75, 3.05) is 5.73 Å². The van der Waals surface area contributed by atoms with E-state index in [1.54, 1.807) is 18.2 Å². The van der Waals surface area contributed by atoms with Crippen LogP contribution in [0.3, 0.4) is 0 Å². The summed E-state index contributed by atoms with van der Waals surface area (Å²) in [6, 6.07) is 6.47. The van der Waals surface area contributed by atoms with Gasteiger partial charge < -0.3 is 5.73 Å². The first-order valence-electron chi connectivity index (χ1n) is 5.96. The number of nitrogen functional groups attached to an aromatic ring is 1. The molecule has 0 aliphatic carbocycles. The standard InChI is InChI=1S/C14H9Cl2FN4/c15-10-2-1-7(4-11(10)16)12-13(20-21-14(12)18)8-3-9(17)6-19-5-8/h1-6H,(H3,18,20,21). The predicted molar refractivity (Wildman–Crippen MR) is 81.6 cm³/mol. The number of rotatable bonds is 2. The number of hydrogen-bond donors (Lipinski definition) is 2. The van der Waals surface area contributed by atoms with E-state index in [1.165, 1.54) is 12.3 Å². The smallest absolute Gasteiger partial charge is 0.153 e. The molecule has 4 nitrogen and oxygen atoms in total. The number of aromatic amines is 1. The summed E-state index contributed by atoms with van der Waals surface area (Å²) in [5.74, 6) is -0.159. The lowest BCUT2D eigenvalue weighted by atomic mass is 10.0. The summed E-state index contributed by atoms with van der Waals surface area (Å²) in [4.78, 5) is 3.83. The lowest BCUT2D eigenvalue weighted by Crippen LogP contribution is -1.90. The molecule has 0 aliphatic heterocycles. The third-order valence-corrected chi connectivity index (χ3v) is 3.74. The van der Waals surface area contributed by atoms with Crippen molar-refractivity contribution in [1.82, 2.24) is 15.2 Å². The molecule has 0 saturated carbocycles. The van der Waals surface area contributed by atoms with E-state index < -0.39 is 5.82 Å². The number of nitrogens with zero attached hydrogens (tertiary/aromatic N) is 2. The fraction of sp³-hybridized carbons (Fsp3) is 0. The zero-order valence-electron chi connectivity index (χ0n) is 10.6. The maximum absolute atomic E-state index is 13.3. The number of pyridine rings is 1. The van der Waals surface area contributed by atoms with Crippen molar-refractivity contribution < 1.29 is 4.39 Å². The van der Waals surface area contributed by atoms with E-state index in [-0.39, 0.29) is 5.82 Å². The topological polar surface area (TPSA) is 67.6 Å². The Morgan fingerprint density at radius 2 is 1.86 bits per heavy atom. The Morgan fingerprint density at radius 3 is 2.57 bits per heavy atom. The fourth-order valence-corrected chi connectivity index (χ4v) is 2.36. The van der Waals surface area contributed by atoms with Crippen LogP contribution < -0.4 is 5.73 Å². The number of nitrogens with two attached hydrogens (primary N) is 1. The second-order valence-electron chi connectivity index (χ2n) is 4.38. The van der Waals surface area contributed by atoms with Gasteiger partial charge in [-0.05, 0) is 23.8 Å². The molecule has 0 spiro atoms. The zero-order chi connectivity index (χ0) is 15.0. The summed E-state index contributed by atoms with van der Waals surface area (Å²) in [6.07, 6.45) is 2.65. The van der Waals surface area contributed by atoms with Crippen molar-refractivity contribution in [3.8, 4) is 22.4 Å². The summed E-state index contributed by atoms with van der Waals surface area (Å²) in [7, 11) is 0. The number of H-pyrrole nitrogens is 1. The SMILES string of the molecule is Nc1n[nH]c(-c2cncc(F)c2)c1-c1ccc(Cl)c(Cl)c1. The first-order valence-corrected chi connectivity index (χ1v) is 6.72. The maximum atomic E-state index is 13.3. The van der Waals surface area contributed by atoms with Crippen LogP contribution in [-0.2, 0) is 0 Å². The van der Waals surface area contributed by atoms with Gasteiger partial charge in [-0.25, -0.2) is 4.39 Å². The van der Waals surface area contributed by atoms with E-state index in [0.717, 1.165) is 11.8 Å². The molecule has 0 amide bonds. The molecule has 3 aromatic rings. The van der Waals surface area contributed by atoms with Gasteiger partial charge in [0.1, 0.15) is 5.82 Å². The van der Waals surface area contributed by atoms with Crippen LogP contribution in [-0.4, -0.2) is 15.2 Å². The van der Waals surface area contributed by atoms with Gasteiger partial charge in [-0.3, -0.25) is 10.1 Å². The van der Waals surface area contributed by atoms with Crippen LogP contribution in [0, 0.1) is 5.82 Å². The van der Waals surface area contributed by atoms with Crippen LogP contribution in [0.1, 0.15) is 0 Å². The minimum absolute atomic E-state index is 0.285. The van der Waals surface area contributed by atoms with Crippen molar-refractivity contribution in [1.29, 1.82) is 0 Å². The summed E-state index contributed by atoms with van der Waals surface area (Å²) >= 11 is 11.9. The van der Waals surface area contributed by atoms with Gasteiger partial charge in [0.25, 0.3) is 0 Å². The third kappa shape index (κ3) is 2.57. The monoisotopic (exact) mass is 322 g/mol. The molecule has 0 atom stereocenters. The highest BCUT2D eigenvalue weighted by Gasteiger charge is 2.16. The molecule has 0 bridgehead atoms. The van der Waals surface area contributed by atoms with Gasteiger partial charge >= 0.3 is 0 Å². The number of halogens is 3. The number of nitrogens with one attached hydrogen (secondary N) is 1. The highest BCUT2D eigenvalue weighted by molar-refractivity contribution is 6.42. The van der Waals surface area contributed by atoms with E-state index in [9.17, 15) is 4.39 Å². The molecule has 3 rings (SSSR count). The molecule has 2 aromatic heterocycles. The Labute approximate surface area is 129 Å². The molecule has 1 aromatic carbocycles. The summed E-state index contributed by atoms with van der Waals surface area (Å²) in [5, 5.41) is 7.61. The van der Waals surface area contributed by atoms with E-state index in [1.807, 2.05) is 0 Å². The van der Waals surface area contributed by atoms with Crippen molar-refractivity contribution in [2.45, 2.75) is 0 Å². The lowest BCUT2D eigenvalue weighted by Gasteiger charge is -2.06. The van der Waals surface area contributed by atoms with Crippen LogP contribution in [0.2, 0.25) is 10.0 Å². The van der Waals surface area contributed by atoms with Gasteiger partial charge in [-0.15, -0.1) is 0 Å². The molecule has 7 heteroatoms. The molecular formula is C14H9Cl2FN4. The molecule has 106 valence electrons. The Morgan fingerprint density at radius 1 is 1.05 bits per heavy atom. The normalized spacial score (nSPS) is 10.8. The predicted octanol–water partition coefficient (Wildman–Crippen LogP) is 4.17. The number of aromatic nitrogens is 3. The first kappa shape index (κ1) is 13.9. The van der Waals surface area contributed by atoms with Gasteiger partial charge in [0, 0.05) is 11.8 Å². The van der Waals surface area contributed by atoms with Gasteiger partial charge in [0.15, 0.2) is 5.82 Å². The Hall–Kier alpha value is -2.11. The first-order chi connectivity index (χ1) is 10.1. The quantitative estimate of drug-likeness (QED) is 0.744. The summed E-state index contributed by atoms with van der Waals surface area (Å²) in [6.45, 7) is 0. The van der Waals surface area contributed by atoms with Gasteiger partial charge in [-0.1, -0.05) is 29.3 Å². The summed E-state index contributed by atoms with van der Waals surface area (Å²) in [5.41, 5.74) is 8.37. The minimum Gasteiger partial charge on any atom is -0.382 e. The maximum Gasteiger partial charge on any atom is 0.153 e. The van der Waals surface area contributed by atoms with Gasteiger partial charge in [0.05, 0.1) is 27.5 Å². The van der Waals surface area contributed by atoms with Gasteiger partial charge in [-0.2, -0.15) is 5.10 Å². The van der Waals surface area contributed by atoms with Crippen molar-refractivity contribution in [3.63, 3.8) is 0 Å². The van der Waals surface area contributed by atoms with Crippen molar-refractivity contribution in [2.24, 2.45) is 0 Å². The zero-order valence-corrected chi connectivity index (χ0v) is 12.1. The van der Waals surface area contributed by atoms with Crippen LogP contribution in [0.4, 0.5) is 10.2 Å². The molecule has 0 radical (unpaired) electrons. The molecule has 2 heterocycles. The Bertz CT molecular complexity index is 816. The molecule has 3 N–H and O–H groups in total. The third-order valence-electron chi connectivity index (χ3n) is 3.00. The highest BCUT2D eigenvalue weighted by atomic mass is 35.5. The number of benzene rings is 1. The van der Waals surface area contributed by atoms with E-state index in [0.29, 0.717) is 26.9 Å². The Balaban J connectivity index is 2.19. The molecule has 0 saturated heterocycles. The van der Waals surface area contributed by atoms with E-state index in [4.69, 9.17) is 28.9 Å². The lowest BCUT2D eigenvalue weighted by molar-refractivity contribution is 0.622. The second kappa shape index (κ2) is 5.35. The molecule has 0 aliphatic rings. The van der Waals surface area contributed by atoms with Crippen LogP contribution in [0.25, 0.3) is 22.4 Å². The van der Waals surface area contributed by atoms with Crippen molar-refractivity contribution >= 4 is 29.0 Å². The average molecular weight is 323 g/mol. The van der Waals surface area contributed by atoms with E-state index in [2.05, 4.69) is 15.2 Å². The summed E-state index contributed by atoms with van der Waals surface area (Å²) < 4.78 is 13.3. The Kier molecular flexibility index (Phi) is 3.53. The molecule has 0 fully saturated rings. The second-order valence-corrected chi connectivity index (χ2v) is 5.19. The highest BCUT2D eigenvalue weighted by Crippen LogP contribution is 2.37. The van der Waals surface area contributed by atoms with Crippen molar-refractivity contribution in [3.05, 3.63) is 52.5 Å². The molecule has 21 heavy (non-hydrogen) atoms. The average Bonchev–Trinajstić information content (AvgIpc) is 2.84. The largest absolute Gasteiger partial charge is 0.382 e. The molecular weight excluding hydrogens is 314 g/mol. The van der Waals surface area contributed by atoms with Gasteiger partial charge in [0.2, 0.25) is 0 Å². The fourth-order valence-electron chi connectivity index (χ4n) is 2.06. The number of anilines is 1. The van der Waals surface area contributed by atoms with Crippen LogP contribution in [0.15, 0.2) is 36.7 Å². The molecule has 0 unspecified atom stereocenters.